The monoisotopic (exact) mass is 396 g/mol. The van der Waals surface area contributed by atoms with Crippen molar-refractivity contribution in [2.24, 2.45) is 0 Å². The molecule has 0 saturated carbocycles. The van der Waals surface area contributed by atoms with Gasteiger partial charge in [-0.25, -0.2) is 4.39 Å². The van der Waals surface area contributed by atoms with Crippen LogP contribution in [0.4, 0.5) is 4.39 Å². The van der Waals surface area contributed by atoms with E-state index in [-0.39, 0.29) is 11.7 Å². The standard InChI is InChI=1S/C20H21FN6O2/c1-29-18-8-3-2-7-17(18)20(28)26-11-9-25(10-12-26)14-19-22-23-24-27(19)16-6-4-5-15(21)13-16/h2-8,13H,9-12,14H2,1H3. The fraction of sp³-hybridized carbons (Fsp3) is 0.300. The summed E-state index contributed by atoms with van der Waals surface area (Å²) in [4.78, 5) is 16.8. The molecular weight excluding hydrogens is 375 g/mol. The summed E-state index contributed by atoms with van der Waals surface area (Å²) in [5, 5.41) is 11.8. The first-order chi connectivity index (χ1) is 14.2. The topological polar surface area (TPSA) is 76.4 Å². The highest BCUT2D eigenvalue weighted by molar-refractivity contribution is 5.97. The van der Waals surface area contributed by atoms with E-state index in [0.717, 1.165) is 0 Å². The van der Waals surface area contributed by atoms with Crippen LogP contribution >= 0.6 is 0 Å². The van der Waals surface area contributed by atoms with Gasteiger partial charge in [-0.05, 0) is 40.8 Å². The van der Waals surface area contributed by atoms with Crippen LogP contribution < -0.4 is 4.74 Å². The lowest BCUT2D eigenvalue weighted by Gasteiger charge is -2.34. The van der Waals surface area contributed by atoms with E-state index in [1.165, 1.54) is 16.8 Å². The largest absolute Gasteiger partial charge is 0.496 e. The molecule has 1 fully saturated rings. The maximum atomic E-state index is 13.5. The summed E-state index contributed by atoms with van der Waals surface area (Å²) in [5.41, 5.74) is 1.15. The van der Waals surface area contributed by atoms with Crippen LogP contribution in [0.1, 0.15) is 16.2 Å². The van der Waals surface area contributed by atoms with Crippen molar-refractivity contribution in [3.63, 3.8) is 0 Å². The average molecular weight is 396 g/mol. The minimum Gasteiger partial charge on any atom is -0.496 e. The molecule has 1 aromatic heterocycles. The number of aromatic nitrogens is 4. The second-order valence-corrected chi connectivity index (χ2v) is 6.76. The molecule has 0 unspecified atom stereocenters. The molecule has 1 saturated heterocycles. The van der Waals surface area contributed by atoms with Crippen LogP contribution in [0, 0.1) is 5.82 Å². The van der Waals surface area contributed by atoms with Crippen molar-refractivity contribution >= 4 is 5.91 Å². The Bertz CT molecular complexity index is 1000. The summed E-state index contributed by atoms with van der Waals surface area (Å²) in [7, 11) is 1.56. The minimum absolute atomic E-state index is 0.0355. The van der Waals surface area contributed by atoms with Crippen LogP contribution in [0.15, 0.2) is 48.5 Å². The highest BCUT2D eigenvalue weighted by Gasteiger charge is 2.25. The Morgan fingerprint density at radius 3 is 2.66 bits per heavy atom. The maximum Gasteiger partial charge on any atom is 0.257 e. The number of ether oxygens (including phenoxy) is 1. The van der Waals surface area contributed by atoms with Gasteiger partial charge in [-0.3, -0.25) is 9.69 Å². The summed E-state index contributed by atoms with van der Waals surface area (Å²) in [6, 6.07) is 13.4. The summed E-state index contributed by atoms with van der Waals surface area (Å²) in [5.74, 6) is 0.827. The number of carbonyl (C=O) groups excluding carboxylic acids is 1. The van der Waals surface area contributed by atoms with Gasteiger partial charge in [0.15, 0.2) is 5.82 Å². The van der Waals surface area contributed by atoms with E-state index >= 15 is 0 Å². The Labute approximate surface area is 167 Å². The predicted molar refractivity (Wildman–Crippen MR) is 103 cm³/mol. The Balaban J connectivity index is 1.40. The number of methoxy groups -OCH3 is 1. The van der Waals surface area contributed by atoms with E-state index < -0.39 is 0 Å². The van der Waals surface area contributed by atoms with Gasteiger partial charge in [0.2, 0.25) is 0 Å². The van der Waals surface area contributed by atoms with Gasteiger partial charge in [0, 0.05) is 26.2 Å². The molecule has 0 radical (unpaired) electrons. The van der Waals surface area contributed by atoms with Gasteiger partial charge in [0.05, 0.1) is 24.9 Å². The molecule has 8 nitrogen and oxygen atoms in total. The number of nitrogens with zero attached hydrogens (tertiary/aromatic N) is 6. The number of rotatable bonds is 5. The number of hydrogen-bond donors (Lipinski definition) is 0. The number of para-hydroxylation sites is 1. The molecule has 4 rings (SSSR count). The first-order valence-electron chi connectivity index (χ1n) is 9.33. The van der Waals surface area contributed by atoms with Crippen LogP contribution in [0.5, 0.6) is 5.75 Å². The molecule has 150 valence electrons. The third-order valence-corrected chi connectivity index (χ3v) is 4.95. The Kier molecular flexibility index (Phi) is 5.48. The van der Waals surface area contributed by atoms with Crippen LogP contribution in [-0.4, -0.2) is 69.2 Å². The Morgan fingerprint density at radius 1 is 1.10 bits per heavy atom. The number of benzene rings is 2. The zero-order valence-electron chi connectivity index (χ0n) is 16.0. The molecule has 1 amide bonds. The van der Waals surface area contributed by atoms with E-state index in [9.17, 15) is 9.18 Å². The molecule has 0 N–H and O–H groups in total. The second-order valence-electron chi connectivity index (χ2n) is 6.76. The highest BCUT2D eigenvalue weighted by Crippen LogP contribution is 2.20. The number of piperazine rings is 1. The zero-order chi connectivity index (χ0) is 20.2. The fourth-order valence-corrected chi connectivity index (χ4v) is 3.41. The third-order valence-electron chi connectivity index (χ3n) is 4.95. The number of carbonyl (C=O) groups is 1. The zero-order valence-corrected chi connectivity index (χ0v) is 16.0. The molecule has 0 atom stereocenters. The SMILES string of the molecule is COc1ccccc1C(=O)N1CCN(Cc2nnnn2-c2cccc(F)c2)CC1. The van der Waals surface area contributed by atoms with E-state index in [4.69, 9.17) is 4.74 Å². The molecular formula is C20H21FN6O2. The minimum atomic E-state index is -0.340. The van der Waals surface area contributed by atoms with Gasteiger partial charge in [0.1, 0.15) is 11.6 Å². The second kappa shape index (κ2) is 8.36. The van der Waals surface area contributed by atoms with Crippen LogP contribution in [-0.2, 0) is 6.54 Å². The molecule has 1 aliphatic heterocycles. The summed E-state index contributed by atoms with van der Waals surface area (Å²) < 4.78 is 20.4. The van der Waals surface area contributed by atoms with Gasteiger partial charge >= 0.3 is 0 Å². The number of hydrogen-bond acceptors (Lipinski definition) is 6. The lowest BCUT2D eigenvalue weighted by Crippen LogP contribution is -2.48. The summed E-state index contributed by atoms with van der Waals surface area (Å²) >= 11 is 0. The molecule has 29 heavy (non-hydrogen) atoms. The van der Waals surface area contributed by atoms with Gasteiger partial charge < -0.3 is 9.64 Å². The van der Waals surface area contributed by atoms with Crippen molar-refractivity contribution < 1.29 is 13.9 Å². The molecule has 0 spiro atoms. The van der Waals surface area contributed by atoms with Crippen molar-refractivity contribution in [1.29, 1.82) is 0 Å². The molecule has 9 heteroatoms. The smallest absolute Gasteiger partial charge is 0.257 e. The number of amides is 1. The van der Waals surface area contributed by atoms with Crippen LogP contribution in [0.3, 0.4) is 0 Å². The lowest BCUT2D eigenvalue weighted by atomic mass is 10.1. The molecule has 2 aromatic carbocycles. The quantitative estimate of drug-likeness (QED) is 0.654. The van der Waals surface area contributed by atoms with E-state index in [0.29, 0.717) is 55.5 Å². The number of tetrazole rings is 1. The molecule has 1 aliphatic rings. The summed E-state index contributed by atoms with van der Waals surface area (Å²) in [6.45, 7) is 3.09. The molecule has 0 aliphatic carbocycles. The molecule has 2 heterocycles. The van der Waals surface area contributed by atoms with Crippen molar-refractivity contribution in [3.8, 4) is 11.4 Å². The Morgan fingerprint density at radius 2 is 1.90 bits per heavy atom. The fourth-order valence-electron chi connectivity index (χ4n) is 3.41. The van der Waals surface area contributed by atoms with E-state index in [1.54, 1.807) is 31.4 Å². The van der Waals surface area contributed by atoms with Gasteiger partial charge in [-0.2, -0.15) is 4.68 Å². The van der Waals surface area contributed by atoms with E-state index in [2.05, 4.69) is 20.4 Å². The van der Waals surface area contributed by atoms with Crippen molar-refractivity contribution in [2.75, 3.05) is 33.3 Å². The molecule has 3 aromatic rings. The van der Waals surface area contributed by atoms with Gasteiger partial charge in [-0.15, -0.1) is 5.10 Å². The van der Waals surface area contributed by atoms with E-state index in [1.807, 2.05) is 17.0 Å². The summed E-state index contributed by atoms with van der Waals surface area (Å²) in [6.07, 6.45) is 0. The van der Waals surface area contributed by atoms with Gasteiger partial charge in [0.25, 0.3) is 5.91 Å². The first kappa shape index (κ1) is 19.0. The highest BCUT2D eigenvalue weighted by atomic mass is 19.1. The van der Waals surface area contributed by atoms with Crippen molar-refractivity contribution in [3.05, 3.63) is 65.7 Å². The van der Waals surface area contributed by atoms with Crippen LogP contribution in [0.25, 0.3) is 5.69 Å². The third kappa shape index (κ3) is 4.09. The first-order valence-corrected chi connectivity index (χ1v) is 9.33. The van der Waals surface area contributed by atoms with Crippen molar-refractivity contribution in [1.82, 2.24) is 30.0 Å². The number of halogens is 1. The molecule has 0 bridgehead atoms. The van der Waals surface area contributed by atoms with Crippen LogP contribution in [0.2, 0.25) is 0 Å². The van der Waals surface area contributed by atoms with Gasteiger partial charge in [-0.1, -0.05) is 18.2 Å². The normalized spacial score (nSPS) is 14.8. The lowest BCUT2D eigenvalue weighted by molar-refractivity contribution is 0.0621. The predicted octanol–water partition coefficient (Wildman–Crippen LogP) is 1.77. The average Bonchev–Trinajstić information content (AvgIpc) is 3.22. The van der Waals surface area contributed by atoms with Crippen molar-refractivity contribution in [2.45, 2.75) is 6.54 Å². The maximum absolute atomic E-state index is 13.5. The Hall–Kier alpha value is -3.33.